The molecular formula is C16H26N4O. The summed E-state index contributed by atoms with van der Waals surface area (Å²) >= 11 is 0. The Labute approximate surface area is 126 Å². The number of nitrogens with zero attached hydrogens (tertiary/aromatic N) is 3. The van der Waals surface area contributed by atoms with Gasteiger partial charge in [0.2, 0.25) is 0 Å². The number of nitrogens with one attached hydrogen (secondary N) is 1. The van der Waals surface area contributed by atoms with Gasteiger partial charge in [0.15, 0.2) is 0 Å². The molecule has 1 saturated carbocycles. The fourth-order valence-corrected chi connectivity index (χ4v) is 3.89. The summed E-state index contributed by atoms with van der Waals surface area (Å²) in [6.07, 6.45) is 15.2. The van der Waals surface area contributed by atoms with Crippen molar-refractivity contribution in [3.05, 3.63) is 18.7 Å². The lowest BCUT2D eigenvalue weighted by Crippen LogP contribution is -2.58. The molecule has 1 aliphatic carbocycles. The Hall–Kier alpha value is -1.36. The molecule has 0 atom stereocenters. The second kappa shape index (κ2) is 6.60. The second-order valence-corrected chi connectivity index (χ2v) is 6.46. The number of imidazole rings is 1. The van der Waals surface area contributed by atoms with Crippen LogP contribution in [0.25, 0.3) is 0 Å². The third-order valence-corrected chi connectivity index (χ3v) is 5.12. The van der Waals surface area contributed by atoms with Crippen LogP contribution >= 0.6 is 0 Å². The Kier molecular flexibility index (Phi) is 4.58. The van der Waals surface area contributed by atoms with Crippen molar-refractivity contribution in [1.29, 1.82) is 0 Å². The maximum Gasteiger partial charge on any atom is 0.326 e. The number of carbonyl (C=O) groups excluding carboxylic acids is 1. The minimum Gasteiger partial charge on any atom is -0.336 e. The fourth-order valence-electron chi connectivity index (χ4n) is 3.89. The van der Waals surface area contributed by atoms with E-state index in [1.54, 1.807) is 18.7 Å². The largest absolute Gasteiger partial charge is 0.336 e. The lowest BCUT2D eigenvalue weighted by molar-refractivity contribution is 0.0355. The average Bonchev–Trinajstić information content (AvgIpc) is 3.09. The Morgan fingerprint density at radius 1 is 1.10 bits per heavy atom. The number of aromatic nitrogens is 2. The first-order valence-electron chi connectivity index (χ1n) is 8.31. The predicted octanol–water partition coefficient (Wildman–Crippen LogP) is 2.63. The van der Waals surface area contributed by atoms with Crippen LogP contribution in [-0.4, -0.2) is 45.7 Å². The standard InChI is InChI=1S/C16H26N4O/c21-15(19-12-9-17-14-19)18-13-16(7-3-1-4-8-16)20-10-5-2-6-11-20/h9,12,14H,1-8,10-11,13H2,(H,18,21). The van der Waals surface area contributed by atoms with Crippen LogP contribution in [0.5, 0.6) is 0 Å². The van der Waals surface area contributed by atoms with E-state index in [2.05, 4.69) is 15.2 Å². The van der Waals surface area contributed by atoms with E-state index in [4.69, 9.17) is 0 Å². The second-order valence-electron chi connectivity index (χ2n) is 6.46. The molecule has 116 valence electrons. The molecule has 0 bridgehead atoms. The number of hydrogen-bond acceptors (Lipinski definition) is 3. The first-order valence-corrected chi connectivity index (χ1v) is 8.31. The van der Waals surface area contributed by atoms with E-state index in [1.807, 2.05) is 0 Å². The van der Waals surface area contributed by atoms with Crippen molar-refractivity contribution in [2.45, 2.75) is 56.9 Å². The summed E-state index contributed by atoms with van der Waals surface area (Å²) < 4.78 is 1.52. The first-order chi connectivity index (χ1) is 10.3. The highest BCUT2D eigenvalue weighted by Gasteiger charge is 2.38. The monoisotopic (exact) mass is 290 g/mol. The van der Waals surface area contributed by atoms with Gasteiger partial charge in [-0.25, -0.2) is 9.78 Å². The number of hydrogen-bond donors (Lipinski definition) is 1. The van der Waals surface area contributed by atoms with Gasteiger partial charge >= 0.3 is 6.03 Å². The van der Waals surface area contributed by atoms with Crippen LogP contribution in [0.3, 0.4) is 0 Å². The van der Waals surface area contributed by atoms with Crippen molar-refractivity contribution >= 4 is 6.03 Å². The van der Waals surface area contributed by atoms with Gasteiger partial charge < -0.3 is 5.32 Å². The van der Waals surface area contributed by atoms with E-state index in [9.17, 15) is 4.79 Å². The molecule has 0 unspecified atom stereocenters. The summed E-state index contributed by atoms with van der Waals surface area (Å²) in [5.74, 6) is 0. The predicted molar refractivity (Wildman–Crippen MR) is 82.3 cm³/mol. The zero-order valence-corrected chi connectivity index (χ0v) is 12.8. The number of amides is 1. The van der Waals surface area contributed by atoms with E-state index in [-0.39, 0.29) is 11.6 Å². The van der Waals surface area contributed by atoms with Crippen LogP contribution in [-0.2, 0) is 0 Å². The quantitative estimate of drug-likeness (QED) is 0.931. The van der Waals surface area contributed by atoms with Gasteiger partial charge in [-0.15, -0.1) is 0 Å². The van der Waals surface area contributed by atoms with Crippen LogP contribution in [0.1, 0.15) is 51.4 Å². The Morgan fingerprint density at radius 3 is 2.48 bits per heavy atom. The van der Waals surface area contributed by atoms with E-state index >= 15 is 0 Å². The van der Waals surface area contributed by atoms with E-state index in [0.717, 1.165) is 6.54 Å². The van der Waals surface area contributed by atoms with Gasteiger partial charge in [-0.05, 0) is 38.8 Å². The Balaban J connectivity index is 1.65. The highest BCUT2D eigenvalue weighted by Crippen LogP contribution is 2.35. The lowest BCUT2D eigenvalue weighted by Gasteiger charge is -2.48. The molecule has 1 aliphatic heterocycles. The zero-order valence-electron chi connectivity index (χ0n) is 12.8. The van der Waals surface area contributed by atoms with Gasteiger partial charge in [0, 0.05) is 24.5 Å². The Morgan fingerprint density at radius 2 is 1.81 bits per heavy atom. The average molecular weight is 290 g/mol. The van der Waals surface area contributed by atoms with Gasteiger partial charge in [-0.3, -0.25) is 9.47 Å². The Bertz CT molecular complexity index is 445. The first kappa shape index (κ1) is 14.6. The molecule has 2 aliphatic rings. The van der Waals surface area contributed by atoms with E-state index < -0.39 is 0 Å². The number of likely N-dealkylation sites (tertiary alicyclic amines) is 1. The SMILES string of the molecule is O=C(NCC1(N2CCCCC2)CCCCC1)n1ccnc1. The van der Waals surface area contributed by atoms with Crippen LogP contribution in [0.15, 0.2) is 18.7 Å². The van der Waals surface area contributed by atoms with Crippen molar-refractivity contribution in [3.8, 4) is 0 Å². The normalized spacial score (nSPS) is 22.9. The van der Waals surface area contributed by atoms with Crippen molar-refractivity contribution in [2.24, 2.45) is 0 Å². The van der Waals surface area contributed by atoms with Crippen molar-refractivity contribution in [2.75, 3.05) is 19.6 Å². The summed E-state index contributed by atoms with van der Waals surface area (Å²) in [7, 11) is 0. The third kappa shape index (κ3) is 3.28. The van der Waals surface area contributed by atoms with Crippen LogP contribution in [0.4, 0.5) is 4.79 Å². The number of carbonyl (C=O) groups is 1. The van der Waals surface area contributed by atoms with Gasteiger partial charge in [-0.1, -0.05) is 25.7 Å². The van der Waals surface area contributed by atoms with E-state index in [1.165, 1.54) is 69.0 Å². The molecule has 1 aromatic heterocycles. The fraction of sp³-hybridized carbons (Fsp3) is 0.750. The number of rotatable bonds is 3. The summed E-state index contributed by atoms with van der Waals surface area (Å²) in [6.45, 7) is 3.16. The van der Waals surface area contributed by atoms with Crippen molar-refractivity contribution in [3.63, 3.8) is 0 Å². The molecule has 1 amide bonds. The number of piperidine rings is 1. The van der Waals surface area contributed by atoms with Crippen LogP contribution < -0.4 is 5.32 Å². The molecule has 1 N–H and O–H groups in total. The smallest absolute Gasteiger partial charge is 0.326 e. The highest BCUT2D eigenvalue weighted by atomic mass is 16.2. The van der Waals surface area contributed by atoms with Gasteiger partial charge in [0.25, 0.3) is 0 Å². The molecule has 0 aromatic carbocycles. The molecule has 5 heteroatoms. The molecule has 5 nitrogen and oxygen atoms in total. The molecule has 0 spiro atoms. The summed E-state index contributed by atoms with van der Waals surface area (Å²) in [6, 6.07) is -0.0607. The van der Waals surface area contributed by atoms with Gasteiger partial charge in [-0.2, -0.15) is 0 Å². The van der Waals surface area contributed by atoms with Gasteiger partial charge in [0.05, 0.1) is 0 Å². The van der Waals surface area contributed by atoms with Crippen molar-refractivity contribution in [1.82, 2.24) is 19.8 Å². The minimum atomic E-state index is -0.0607. The lowest BCUT2D eigenvalue weighted by atomic mass is 9.79. The zero-order chi connectivity index (χ0) is 14.5. The topological polar surface area (TPSA) is 50.2 Å². The minimum absolute atomic E-state index is 0.0607. The summed E-state index contributed by atoms with van der Waals surface area (Å²) in [4.78, 5) is 18.8. The molecule has 1 saturated heterocycles. The molecule has 21 heavy (non-hydrogen) atoms. The molecule has 2 heterocycles. The van der Waals surface area contributed by atoms with Crippen LogP contribution in [0.2, 0.25) is 0 Å². The highest BCUT2D eigenvalue weighted by molar-refractivity contribution is 5.76. The molecule has 2 fully saturated rings. The van der Waals surface area contributed by atoms with Gasteiger partial charge in [0.1, 0.15) is 6.33 Å². The molecule has 1 aromatic rings. The maximum absolute atomic E-state index is 12.2. The summed E-state index contributed by atoms with van der Waals surface area (Å²) in [5, 5.41) is 3.14. The third-order valence-electron chi connectivity index (χ3n) is 5.12. The van der Waals surface area contributed by atoms with Crippen LogP contribution in [0, 0.1) is 0 Å². The van der Waals surface area contributed by atoms with Crippen molar-refractivity contribution < 1.29 is 4.79 Å². The van der Waals surface area contributed by atoms with E-state index in [0.29, 0.717) is 0 Å². The maximum atomic E-state index is 12.2. The summed E-state index contributed by atoms with van der Waals surface area (Å²) in [5.41, 5.74) is 0.189. The molecule has 0 radical (unpaired) electrons. The molecular weight excluding hydrogens is 264 g/mol. The molecule has 3 rings (SSSR count).